The molecule has 0 saturated heterocycles. The van der Waals surface area contributed by atoms with Gasteiger partial charge in [0.15, 0.2) is 0 Å². The van der Waals surface area contributed by atoms with E-state index in [1.165, 1.54) is 57.8 Å². The Morgan fingerprint density at radius 3 is 2.00 bits per heavy atom. The second kappa shape index (κ2) is 13.2. The van der Waals surface area contributed by atoms with Crippen molar-refractivity contribution < 1.29 is 5.11 Å². The lowest BCUT2D eigenvalue weighted by molar-refractivity contribution is 0.475. The Hall–Kier alpha value is -1.50. The topological polar surface area (TPSA) is 20.2 Å². The van der Waals surface area contributed by atoms with Crippen LogP contribution in [0.3, 0.4) is 0 Å². The average molecular weight is 300 g/mol. The van der Waals surface area contributed by atoms with Crippen LogP contribution in [0, 0.1) is 0 Å². The van der Waals surface area contributed by atoms with E-state index in [9.17, 15) is 5.11 Å². The zero-order valence-corrected chi connectivity index (χ0v) is 14.1. The van der Waals surface area contributed by atoms with Crippen LogP contribution in [-0.2, 0) is 0 Å². The number of phenolic OH excluding ortho intramolecular Hbond substituents is 1. The van der Waals surface area contributed by atoms with Crippen LogP contribution in [0.25, 0.3) is 6.08 Å². The molecule has 0 heterocycles. The van der Waals surface area contributed by atoms with Gasteiger partial charge in [-0.3, -0.25) is 0 Å². The predicted octanol–water partition coefficient (Wildman–Crippen LogP) is 6.88. The van der Waals surface area contributed by atoms with Crippen LogP contribution >= 0.6 is 0 Å². The van der Waals surface area contributed by atoms with E-state index < -0.39 is 0 Å². The van der Waals surface area contributed by atoms with Crippen molar-refractivity contribution in [3.8, 4) is 5.75 Å². The summed E-state index contributed by atoms with van der Waals surface area (Å²) in [6.45, 7) is 2.10. The molecule has 0 unspecified atom stereocenters. The van der Waals surface area contributed by atoms with Crippen molar-refractivity contribution >= 4 is 6.08 Å². The molecule has 122 valence electrons. The van der Waals surface area contributed by atoms with Gasteiger partial charge in [-0.25, -0.2) is 0 Å². The molecule has 1 aromatic rings. The Kier molecular flexibility index (Phi) is 11.1. The molecule has 0 spiro atoms. The van der Waals surface area contributed by atoms with Crippen molar-refractivity contribution in [2.24, 2.45) is 0 Å². The highest BCUT2D eigenvalue weighted by atomic mass is 16.3. The molecule has 0 radical (unpaired) electrons. The maximum atomic E-state index is 9.38. The van der Waals surface area contributed by atoms with E-state index >= 15 is 0 Å². The molecule has 0 aliphatic rings. The highest BCUT2D eigenvalue weighted by Crippen LogP contribution is 2.14. The Morgan fingerprint density at radius 1 is 0.818 bits per heavy atom. The first kappa shape index (κ1) is 18.5. The molecule has 0 saturated carbocycles. The highest BCUT2D eigenvalue weighted by molar-refractivity contribution is 5.51. The second-order valence-electron chi connectivity index (χ2n) is 5.97. The molecule has 22 heavy (non-hydrogen) atoms. The summed E-state index contributed by atoms with van der Waals surface area (Å²) in [6.07, 6.45) is 22.0. The summed E-state index contributed by atoms with van der Waals surface area (Å²) in [4.78, 5) is 0. The Morgan fingerprint density at radius 2 is 1.41 bits per heavy atom. The fourth-order valence-corrected chi connectivity index (χ4v) is 2.60. The Balaban J connectivity index is 1.89. The number of allylic oxidation sites excluding steroid dienone is 3. The number of hydrogen-bond donors (Lipinski definition) is 1. The maximum Gasteiger partial charge on any atom is 0.116 e. The molecule has 1 rings (SSSR count). The van der Waals surface area contributed by atoms with Gasteiger partial charge in [-0.1, -0.05) is 75.0 Å². The first-order valence-electron chi connectivity index (χ1n) is 8.89. The van der Waals surface area contributed by atoms with Crippen molar-refractivity contribution in [2.75, 3.05) is 0 Å². The summed E-state index contributed by atoms with van der Waals surface area (Å²) in [7, 11) is 0. The Labute approximate surface area is 136 Å². The van der Waals surface area contributed by atoms with E-state index in [0.29, 0.717) is 5.75 Å². The third-order valence-corrected chi connectivity index (χ3v) is 3.91. The van der Waals surface area contributed by atoms with Gasteiger partial charge in [0.1, 0.15) is 5.75 Å². The van der Waals surface area contributed by atoms with E-state index in [1.807, 2.05) is 12.1 Å². The minimum Gasteiger partial charge on any atom is -0.508 e. The van der Waals surface area contributed by atoms with Gasteiger partial charge in [-0.15, -0.1) is 0 Å². The van der Waals surface area contributed by atoms with E-state index in [0.717, 1.165) is 12.0 Å². The number of rotatable bonds is 12. The van der Waals surface area contributed by atoms with Crippen LogP contribution in [0.15, 0.2) is 42.5 Å². The quantitative estimate of drug-likeness (QED) is 0.329. The zero-order chi connectivity index (χ0) is 15.9. The summed E-state index contributed by atoms with van der Waals surface area (Å²) in [6, 6.07) is 7.41. The number of hydrogen-bond acceptors (Lipinski definition) is 1. The van der Waals surface area contributed by atoms with E-state index in [-0.39, 0.29) is 0 Å². The molecule has 1 N–H and O–H groups in total. The standard InChI is InChI=1S/C21H32O/c1-2-3-4-5-6-7-8-9-10-11-12-13-14-16-20-17-15-18-21(22)19-20/h2-3,14-19,22H,4-13H2,1H3/b3-2+,16-14+. The zero-order valence-electron chi connectivity index (χ0n) is 14.1. The summed E-state index contributed by atoms with van der Waals surface area (Å²) in [5, 5.41) is 9.38. The van der Waals surface area contributed by atoms with Crippen LogP contribution in [0.5, 0.6) is 5.75 Å². The number of unbranched alkanes of at least 4 members (excludes halogenated alkanes) is 9. The van der Waals surface area contributed by atoms with Crippen molar-refractivity contribution in [3.05, 3.63) is 48.1 Å². The van der Waals surface area contributed by atoms with Crippen molar-refractivity contribution in [1.82, 2.24) is 0 Å². The van der Waals surface area contributed by atoms with Gasteiger partial charge in [-0.05, 0) is 50.3 Å². The van der Waals surface area contributed by atoms with Crippen molar-refractivity contribution in [3.63, 3.8) is 0 Å². The third-order valence-electron chi connectivity index (χ3n) is 3.91. The minimum absolute atomic E-state index is 0.341. The lowest BCUT2D eigenvalue weighted by Crippen LogP contribution is -1.81. The summed E-state index contributed by atoms with van der Waals surface area (Å²) < 4.78 is 0. The molecule has 0 aliphatic heterocycles. The largest absolute Gasteiger partial charge is 0.508 e. The molecular weight excluding hydrogens is 268 g/mol. The van der Waals surface area contributed by atoms with Gasteiger partial charge >= 0.3 is 0 Å². The summed E-state index contributed by atoms with van der Waals surface area (Å²) in [5.74, 6) is 0.341. The van der Waals surface area contributed by atoms with Gasteiger partial charge in [0.25, 0.3) is 0 Å². The first-order valence-corrected chi connectivity index (χ1v) is 8.89. The van der Waals surface area contributed by atoms with E-state index in [2.05, 4.69) is 31.2 Å². The fraction of sp³-hybridized carbons (Fsp3) is 0.524. The number of benzene rings is 1. The fourth-order valence-electron chi connectivity index (χ4n) is 2.60. The summed E-state index contributed by atoms with van der Waals surface area (Å²) in [5.41, 5.74) is 1.08. The van der Waals surface area contributed by atoms with Crippen LogP contribution in [0.4, 0.5) is 0 Å². The second-order valence-corrected chi connectivity index (χ2v) is 5.97. The molecule has 1 nitrogen and oxygen atoms in total. The Bertz CT molecular complexity index is 431. The number of phenols is 1. The molecular formula is C21H32O. The molecule has 1 aromatic carbocycles. The lowest BCUT2D eigenvalue weighted by atomic mass is 10.1. The first-order chi connectivity index (χ1) is 10.8. The van der Waals surface area contributed by atoms with Gasteiger partial charge < -0.3 is 5.11 Å². The van der Waals surface area contributed by atoms with Gasteiger partial charge in [-0.2, -0.15) is 0 Å². The SMILES string of the molecule is C/C=C/CCCCCCCCCC/C=C/c1cccc(O)c1. The van der Waals surface area contributed by atoms with E-state index in [4.69, 9.17) is 0 Å². The monoisotopic (exact) mass is 300 g/mol. The number of aromatic hydroxyl groups is 1. The maximum absolute atomic E-state index is 9.38. The molecule has 0 atom stereocenters. The minimum atomic E-state index is 0.341. The van der Waals surface area contributed by atoms with Crippen LogP contribution < -0.4 is 0 Å². The average Bonchev–Trinajstić information content (AvgIpc) is 2.52. The van der Waals surface area contributed by atoms with Gasteiger partial charge in [0.2, 0.25) is 0 Å². The van der Waals surface area contributed by atoms with Gasteiger partial charge in [0.05, 0.1) is 0 Å². The highest BCUT2D eigenvalue weighted by Gasteiger charge is 1.92. The third kappa shape index (κ3) is 10.3. The molecule has 0 amide bonds. The summed E-state index contributed by atoms with van der Waals surface area (Å²) >= 11 is 0. The smallest absolute Gasteiger partial charge is 0.116 e. The van der Waals surface area contributed by atoms with E-state index in [1.54, 1.807) is 12.1 Å². The molecule has 0 bridgehead atoms. The predicted molar refractivity (Wildman–Crippen MR) is 98.1 cm³/mol. The van der Waals surface area contributed by atoms with Crippen molar-refractivity contribution in [2.45, 2.75) is 71.1 Å². The van der Waals surface area contributed by atoms with Crippen molar-refractivity contribution in [1.29, 1.82) is 0 Å². The van der Waals surface area contributed by atoms with Crippen LogP contribution in [-0.4, -0.2) is 5.11 Å². The molecule has 1 heteroatoms. The lowest BCUT2D eigenvalue weighted by Gasteiger charge is -2.01. The van der Waals surface area contributed by atoms with Gasteiger partial charge in [0, 0.05) is 0 Å². The molecule has 0 aromatic heterocycles. The van der Waals surface area contributed by atoms with Crippen LogP contribution in [0.2, 0.25) is 0 Å². The molecule has 0 fully saturated rings. The molecule has 0 aliphatic carbocycles. The normalized spacial score (nSPS) is 11.7. The van der Waals surface area contributed by atoms with Crippen LogP contribution in [0.1, 0.15) is 76.7 Å².